The predicted octanol–water partition coefficient (Wildman–Crippen LogP) is 3.03. The Labute approximate surface area is 99.4 Å². The minimum atomic E-state index is 0.203. The molecule has 2 nitrogen and oxygen atoms in total. The highest BCUT2D eigenvalue weighted by atomic mass is 15.2. The summed E-state index contributed by atoms with van der Waals surface area (Å²) in [6.07, 6.45) is 10.1. The lowest BCUT2D eigenvalue weighted by Crippen LogP contribution is -2.43. The Hall–Kier alpha value is -0.760. The summed E-state index contributed by atoms with van der Waals surface area (Å²) in [6.45, 7) is 8.67. The van der Waals surface area contributed by atoms with Crippen molar-refractivity contribution in [2.45, 2.75) is 52.0 Å². The SMILES string of the molecule is CC(C)(C)NCN1C=C2CCCCC2=CC1. The fourth-order valence-corrected chi connectivity index (χ4v) is 2.28. The Morgan fingerprint density at radius 2 is 1.88 bits per heavy atom. The number of hydrogen-bond acceptors (Lipinski definition) is 2. The molecule has 0 radical (unpaired) electrons. The first-order valence-electron chi connectivity index (χ1n) is 6.44. The lowest BCUT2D eigenvalue weighted by Gasteiger charge is -2.32. The van der Waals surface area contributed by atoms with Crippen molar-refractivity contribution in [3.63, 3.8) is 0 Å². The third kappa shape index (κ3) is 3.11. The van der Waals surface area contributed by atoms with Gasteiger partial charge in [0, 0.05) is 18.3 Å². The lowest BCUT2D eigenvalue weighted by atomic mass is 9.88. The molecule has 1 fully saturated rings. The fourth-order valence-electron chi connectivity index (χ4n) is 2.28. The molecule has 1 aliphatic heterocycles. The van der Waals surface area contributed by atoms with E-state index in [1.165, 1.54) is 25.7 Å². The van der Waals surface area contributed by atoms with E-state index in [2.05, 4.69) is 43.3 Å². The first-order chi connectivity index (χ1) is 7.54. The van der Waals surface area contributed by atoms with E-state index in [0.717, 1.165) is 13.2 Å². The van der Waals surface area contributed by atoms with Gasteiger partial charge in [-0.05, 0) is 57.6 Å². The van der Waals surface area contributed by atoms with E-state index in [9.17, 15) is 0 Å². The Bertz CT molecular complexity index is 307. The van der Waals surface area contributed by atoms with Crippen LogP contribution in [0.15, 0.2) is 23.4 Å². The monoisotopic (exact) mass is 220 g/mol. The Morgan fingerprint density at radius 1 is 1.19 bits per heavy atom. The molecule has 0 aromatic heterocycles. The van der Waals surface area contributed by atoms with E-state index < -0.39 is 0 Å². The molecule has 0 aromatic rings. The van der Waals surface area contributed by atoms with Gasteiger partial charge in [0.15, 0.2) is 0 Å². The smallest absolute Gasteiger partial charge is 0.0684 e. The van der Waals surface area contributed by atoms with E-state index in [4.69, 9.17) is 0 Å². The molecule has 0 atom stereocenters. The van der Waals surface area contributed by atoms with Crippen molar-refractivity contribution in [1.29, 1.82) is 0 Å². The minimum Gasteiger partial charge on any atom is -0.361 e. The van der Waals surface area contributed by atoms with Gasteiger partial charge in [-0.15, -0.1) is 0 Å². The summed E-state index contributed by atoms with van der Waals surface area (Å²) in [7, 11) is 0. The molecule has 90 valence electrons. The van der Waals surface area contributed by atoms with Gasteiger partial charge in [-0.2, -0.15) is 0 Å². The summed E-state index contributed by atoms with van der Waals surface area (Å²) in [4.78, 5) is 2.38. The standard InChI is InChI=1S/C14H24N2/c1-14(2,3)15-11-16-9-8-12-6-4-5-7-13(12)10-16/h8,10,15H,4-7,9,11H2,1-3H3. The Balaban J connectivity index is 1.91. The zero-order chi connectivity index (χ0) is 11.6. The number of fused-ring (bicyclic) bond motifs is 1. The van der Waals surface area contributed by atoms with Gasteiger partial charge in [-0.25, -0.2) is 0 Å². The molecule has 0 spiro atoms. The number of rotatable bonds is 2. The number of nitrogens with zero attached hydrogens (tertiary/aromatic N) is 1. The number of allylic oxidation sites excluding steroid dienone is 2. The van der Waals surface area contributed by atoms with Gasteiger partial charge in [-0.1, -0.05) is 6.08 Å². The molecule has 1 heterocycles. The maximum absolute atomic E-state index is 3.54. The molecule has 0 saturated heterocycles. The molecule has 0 bridgehead atoms. The van der Waals surface area contributed by atoms with Crippen LogP contribution in [0.1, 0.15) is 46.5 Å². The molecule has 2 rings (SSSR count). The number of hydrogen-bond donors (Lipinski definition) is 1. The van der Waals surface area contributed by atoms with Crippen LogP contribution < -0.4 is 5.32 Å². The third-order valence-corrected chi connectivity index (χ3v) is 3.28. The second-order valence-corrected chi connectivity index (χ2v) is 5.95. The number of nitrogens with one attached hydrogen (secondary N) is 1. The molecule has 1 aliphatic carbocycles. The summed E-state index contributed by atoms with van der Waals surface area (Å²) in [6, 6.07) is 0. The topological polar surface area (TPSA) is 15.3 Å². The van der Waals surface area contributed by atoms with E-state index >= 15 is 0 Å². The summed E-state index contributed by atoms with van der Waals surface area (Å²) in [5, 5.41) is 3.54. The molecule has 2 heteroatoms. The van der Waals surface area contributed by atoms with Crippen molar-refractivity contribution < 1.29 is 0 Å². The highest BCUT2D eigenvalue weighted by molar-refractivity contribution is 5.35. The predicted molar refractivity (Wildman–Crippen MR) is 69.1 cm³/mol. The Kier molecular flexibility index (Phi) is 3.38. The normalized spacial score (nSPS) is 21.3. The zero-order valence-corrected chi connectivity index (χ0v) is 10.8. The van der Waals surface area contributed by atoms with Gasteiger partial charge in [0.25, 0.3) is 0 Å². The van der Waals surface area contributed by atoms with Crippen molar-refractivity contribution >= 4 is 0 Å². The lowest BCUT2D eigenvalue weighted by molar-refractivity contribution is 0.301. The Morgan fingerprint density at radius 3 is 2.56 bits per heavy atom. The van der Waals surface area contributed by atoms with Crippen molar-refractivity contribution in [3.05, 3.63) is 23.4 Å². The van der Waals surface area contributed by atoms with Crippen LogP contribution in [0, 0.1) is 0 Å². The molecule has 16 heavy (non-hydrogen) atoms. The average molecular weight is 220 g/mol. The molecule has 2 aliphatic rings. The highest BCUT2D eigenvalue weighted by Gasteiger charge is 2.17. The van der Waals surface area contributed by atoms with Crippen molar-refractivity contribution in [3.8, 4) is 0 Å². The van der Waals surface area contributed by atoms with Crippen LogP contribution in [-0.4, -0.2) is 23.7 Å². The van der Waals surface area contributed by atoms with Gasteiger partial charge >= 0.3 is 0 Å². The van der Waals surface area contributed by atoms with E-state index in [-0.39, 0.29) is 5.54 Å². The van der Waals surface area contributed by atoms with E-state index in [1.54, 1.807) is 11.1 Å². The average Bonchev–Trinajstić information content (AvgIpc) is 2.25. The van der Waals surface area contributed by atoms with Gasteiger partial charge < -0.3 is 4.90 Å². The van der Waals surface area contributed by atoms with Crippen LogP contribution in [0.2, 0.25) is 0 Å². The summed E-state index contributed by atoms with van der Waals surface area (Å²) < 4.78 is 0. The summed E-state index contributed by atoms with van der Waals surface area (Å²) in [5.41, 5.74) is 3.39. The molecule has 1 N–H and O–H groups in total. The van der Waals surface area contributed by atoms with Crippen LogP contribution in [-0.2, 0) is 0 Å². The molecular formula is C14H24N2. The summed E-state index contributed by atoms with van der Waals surface area (Å²) >= 11 is 0. The van der Waals surface area contributed by atoms with Crippen molar-refractivity contribution in [2.24, 2.45) is 0 Å². The van der Waals surface area contributed by atoms with Gasteiger partial charge in [-0.3, -0.25) is 5.32 Å². The molecular weight excluding hydrogens is 196 g/mol. The van der Waals surface area contributed by atoms with Crippen LogP contribution in [0.25, 0.3) is 0 Å². The maximum Gasteiger partial charge on any atom is 0.0684 e. The van der Waals surface area contributed by atoms with Crippen LogP contribution in [0.3, 0.4) is 0 Å². The van der Waals surface area contributed by atoms with E-state index in [0.29, 0.717) is 0 Å². The quantitative estimate of drug-likeness (QED) is 0.769. The van der Waals surface area contributed by atoms with Crippen LogP contribution in [0.4, 0.5) is 0 Å². The van der Waals surface area contributed by atoms with Gasteiger partial charge in [0.1, 0.15) is 0 Å². The maximum atomic E-state index is 3.54. The van der Waals surface area contributed by atoms with Crippen LogP contribution in [0.5, 0.6) is 0 Å². The first-order valence-corrected chi connectivity index (χ1v) is 6.44. The largest absolute Gasteiger partial charge is 0.361 e. The first kappa shape index (κ1) is 11.7. The van der Waals surface area contributed by atoms with Gasteiger partial charge in [0.2, 0.25) is 0 Å². The second-order valence-electron chi connectivity index (χ2n) is 5.95. The zero-order valence-electron chi connectivity index (χ0n) is 10.8. The van der Waals surface area contributed by atoms with E-state index in [1.807, 2.05) is 0 Å². The summed E-state index contributed by atoms with van der Waals surface area (Å²) in [5.74, 6) is 0. The molecule has 0 amide bonds. The minimum absolute atomic E-state index is 0.203. The van der Waals surface area contributed by atoms with Crippen molar-refractivity contribution in [1.82, 2.24) is 10.2 Å². The van der Waals surface area contributed by atoms with Crippen molar-refractivity contribution in [2.75, 3.05) is 13.2 Å². The van der Waals surface area contributed by atoms with Crippen LogP contribution >= 0.6 is 0 Å². The fraction of sp³-hybridized carbons (Fsp3) is 0.714. The second kappa shape index (κ2) is 4.62. The van der Waals surface area contributed by atoms with Gasteiger partial charge in [0.05, 0.1) is 6.67 Å². The molecule has 1 saturated carbocycles. The molecule has 0 unspecified atom stereocenters. The third-order valence-electron chi connectivity index (χ3n) is 3.28. The molecule has 0 aromatic carbocycles. The highest BCUT2D eigenvalue weighted by Crippen LogP contribution is 2.30.